The van der Waals surface area contributed by atoms with Gasteiger partial charge in [-0.2, -0.15) is 0 Å². The summed E-state index contributed by atoms with van der Waals surface area (Å²) < 4.78 is 0. The third-order valence-electron chi connectivity index (χ3n) is 4.47. The normalized spacial score (nSPS) is 23.9. The number of nitrogens with one attached hydrogen (secondary N) is 2. The van der Waals surface area contributed by atoms with Crippen LogP contribution >= 0.6 is 11.6 Å². The summed E-state index contributed by atoms with van der Waals surface area (Å²) in [6, 6.07) is 7.58. The molecule has 1 aromatic rings. The summed E-state index contributed by atoms with van der Waals surface area (Å²) >= 11 is 6.20. The van der Waals surface area contributed by atoms with Crippen LogP contribution in [0.5, 0.6) is 0 Å². The molecular formula is C16H23ClN2O. The maximum atomic E-state index is 12.7. The monoisotopic (exact) mass is 294 g/mol. The van der Waals surface area contributed by atoms with Crippen molar-refractivity contribution in [2.24, 2.45) is 11.3 Å². The average molecular weight is 295 g/mol. The van der Waals surface area contributed by atoms with Gasteiger partial charge in [-0.05, 0) is 37.4 Å². The highest BCUT2D eigenvalue weighted by molar-refractivity contribution is 6.31. The minimum absolute atomic E-state index is 0.0765. The Morgan fingerprint density at radius 1 is 1.35 bits per heavy atom. The third kappa shape index (κ3) is 2.84. The molecule has 0 bridgehead atoms. The molecule has 1 saturated heterocycles. The van der Waals surface area contributed by atoms with E-state index in [0.717, 1.165) is 25.1 Å². The van der Waals surface area contributed by atoms with E-state index in [2.05, 4.69) is 24.5 Å². The van der Waals surface area contributed by atoms with Gasteiger partial charge in [-0.1, -0.05) is 43.6 Å². The highest BCUT2D eigenvalue weighted by atomic mass is 35.5. The fourth-order valence-electron chi connectivity index (χ4n) is 2.90. The highest BCUT2D eigenvalue weighted by Crippen LogP contribution is 2.35. The Hall–Kier alpha value is -1.06. The zero-order chi connectivity index (χ0) is 14.8. The van der Waals surface area contributed by atoms with Crippen LogP contribution in [0, 0.1) is 11.3 Å². The van der Waals surface area contributed by atoms with E-state index >= 15 is 0 Å². The minimum Gasteiger partial charge on any atom is -0.349 e. The van der Waals surface area contributed by atoms with Crippen LogP contribution in [-0.2, 0) is 4.79 Å². The molecule has 1 heterocycles. The molecule has 1 unspecified atom stereocenters. The van der Waals surface area contributed by atoms with E-state index in [1.807, 2.05) is 31.2 Å². The summed E-state index contributed by atoms with van der Waals surface area (Å²) in [4.78, 5) is 12.7. The van der Waals surface area contributed by atoms with Gasteiger partial charge in [-0.25, -0.2) is 0 Å². The Morgan fingerprint density at radius 3 is 2.60 bits per heavy atom. The maximum Gasteiger partial charge on any atom is 0.228 e. The van der Waals surface area contributed by atoms with Gasteiger partial charge in [0, 0.05) is 11.6 Å². The topological polar surface area (TPSA) is 41.1 Å². The minimum atomic E-state index is -0.296. The molecule has 2 atom stereocenters. The third-order valence-corrected chi connectivity index (χ3v) is 4.81. The molecule has 2 N–H and O–H groups in total. The Balaban J connectivity index is 2.13. The van der Waals surface area contributed by atoms with Crippen LogP contribution in [0.3, 0.4) is 0 Å². The Kier molecular flexibility index (Phi) is 4.71. The van der Waals surface area contributed by atoms with Gasteiger partial charge in [-0.15, -0.1) is 0 Å². The lowest BCUT2D eigenvalue weighted by molar-refractivity contribution is -0.133. The van der Waals surface area contributed by atoms with Crippen LogP contribution in [0.2, 0.25) is 5.02 Å². The van der Waals surface area contributed by atoms with Crippen molar-refractivity contribution in [2.75, 3.05) is 13.1 Å². The quantitative estimate of drug-likeness (QED) is 0.896. The van der Waals surface area contributed by atoms with E-state index in [1.54, 1.807) is 0 Å². The zero-order valence-electron chi connectivity index (χ0n) is 12.4. The van der Waals surface area contributed by atoms with Gasteiger partial charge in [0.25, 0.3) is 0 Å². The van der Waals surface area contributed by atoms with E-state index < -0.39 is 0 Å². The van der Waals surface area contributed by atoms with E-state index in [0.29, 0.717) is 10.9 Å². The second-order valence-electron chi connectivity index (χ2n) is 5.95. The molecule has 3 nitrogen and oxygen atoms in total. The van der Waals surface area contributed by atoms with Gasteiger partial charge in [-0.3, -0.25) is 4.79 Å². The zero-order valence-corrected chi connectivity index (χ0v) is 13.1. The van der Waals surface area contributed by atoms with Gasteiger partial charge < -0.3 is 10.6 Å². The van der Waals surface area contributed by atoms with Crippen molar-refractivity contribution >= 4 is 17.5 Å². The molecule has 1 aromatic carbocycles. The fourth-order valence-corrected chi connectivity index (χ4v) is 3.20. The van der Waals surface area contributed by atoms with Crippen molar-refractivity contribution in [3.05, 3.63) is 34.9 Å². The van der Waals surface area contributed by atoms with Crippen LogP contribution in [0.1, 0.15) is 38.8 Å². The number of hydrogen-bond acceptors (Lipinski definition) is 2. The molecule has 1 fully saturated rings. The molecule has 0 radical (unpaired) electrons. The van der Waals surface area contributed by atoms with E-state index in [1.165, 1.54) is 0 Å². The molecule has 110 valence electrons. The van der Waals surface area contributed by atoms with Crippen molar-refractivity contribution in [3.63, 3.8) is 0 Å². The van der Waals surface area contributed by atoms with E-state index in [9.17, 15) is 4.79 Å². The Bertz CT molecular complexity index is 481. The second-order valence-corrected chi connectivity index (χ2v) is 6.36. The summed E-state index contributed by atoms with van der Waals surface area (Å²) in [5, 5.41) is 7.15. The first-order chi connectivity index (χ1) is 9.47. The molecule has 1 aliphatic heterocycles. The van der Waals surface area contributed by atoms with Crippen molar-refractivity contribution in [3.8, 4) is 0 Å². The van der Waals surface area contributed by atoms with Crippen molar-refractivity contribution in [2.45, 2.75) is 33.2 Å². The number of amides is 1. The van der Waals surface area contributed by atoms with Crippen molar-refractivity contribution < 1.29 is 4.79 Å². The SMILES string of the molecule is CC(C)C1(C(=O)N[C@H](C)c2ccccc2Cl)CCNC1. The summed E-state index contributed by atoms with van der Waals surface area (Å²) in [6.45, 7) is 7.88. The lowest BCUT2D eigenvalue weighted by Gasteiger charge is -2.32. The van der Waals surface area contributed by atoms with Crippen LogP contribution in [0.15, 0.2) is 24.3 Å². The highest BCUT2D eigenvalue weighted by Gasteiger charge is 2.44. The lowest BCUT2D eigenvalue weighted by Crippen LogP contribution is -2.46. The standard InChI is InChI=1S/C16H23ClN2O/c1-11(2)16(8-9-18-10-16)15(20)19-12(3)13-6-4-5-7-14(13)17/h4-7,11-12,18H,8-10H2,1-3H3,(H,19,20)/t12-,16?/m1/s1. The fraction of sp³-hybridized carbons (Fsp3) is 0.562. The van der Waals surface area contributed by atoms with Gasteiger partial charge in [0.1, 0.15) is 0 Å². The number of carbonyl (C=O) groups excluding carboxylic acids is 1. The van der Waals surface area contributed by atoms with Gasteiger partial charge >= 0.3 is 0 Å². The summed E-state index contributed by atoms with van der Waals surface area (Å²) in [7, 11) is 0. The molecule has 0 aromatic heterocycles. The number of hydrogen-bond donors (Lipinski definition) is 2. The first kappa shape index (κ1) is 15.3. The van der Waals surface area contributed by atoms with Gasteiger partial charge in [0.05, 0.1) is 11.5 Å². The number of halogens is 1. The Labute approximate surface area is 126 Å². The maximum absolute atomic E-state index is 12.7. The number of benzene rings is 1. The average Bonchev–Trinajstić information content (AvgIpc) is 2.89. The lowest BCUT2D eigenvalue weighted by atomic mass is 9.75. The smallest absolute Gasteiger partial charge is 0.228 e. The van der Waals surface area contributed by atoms with Crippen LogP contribution in [-0.4, -0.2) is 19.0 Å². The van der Waals surface area contributed by atoms with E-state index in [-0.39, 0.29) is 17.4 Å². The molecule has 0 spiro atoms. The first-order valence-electron chi connectivity index (χ1n) is 7.23. The Morgan fingerprint density at radius 2 is 2.05 bits per heavy atom. The summed E-state index contributed by atoms with van der Waals surface area (Å²) in [6.07, 6.45) is 0.895. The number of carbonyl (C=O) groups is 1. The van der Waals surface area contributed by atoms with Gasteiger partial charge in [0.15, 0.2) is 0 Å². The molecule has 0 saturated carbocycles. The molecule has 1 aliphatic rings. The largest absolute Gasteiger partial charge is 0.349 e. The predicted octanol–water partition coefficient (Wildman–Crippen LogP) is 3.15. The second kappa shape index (κ2) is 6.15. The van der Waals surface area contributed by atoms with Gasteiger partial charge in [0.2, 0.25) is 5.91 Å². The molecule has 0 aliphatic carbocycles. The summed E-state index contributed by atoms with van der Waals surface area (Å²) in [5.74, 6) is 0.445. The van der Waals surface area contributed by atoms with Crippen molar-refractivity contribution in [1.82, 2.24) is 10.6 Å². The predicted molar refractivity (Wildman–Crippen MR) is 82.8 cm³/mol. The molecule has 1 amide bonds. The van der Waals surface area contributed by atoms with Crippen LogP contribution in [0.4, 0.5) is 0 Å². The van der Waals surface area contributed by atoms with E-state index in [4.69, 9.17) is 11.6 Å². The number of rotatable bonds is 4. The summed E-state index contributed by atoms with van der Waals surface area (Å²) in [5.41, 5.74) is 0.669. The van der Waals surface area contributed by atoms with Crippen LogP contribution in [0.25, 0.3) is 0 Å². The molecular weight excluding hydrogens is 272 g/mol. The van der Waals surface area contributed by atoms with Crippen molar-refractivity contribution in [1.29, 1.82) is 0 Å². The van der Waals surface area contributed by atoms with Crippen LogP contribution < -0.4 is 10.6 Å². The molecule has 2 rings (SSSR count). The first-order valence-corrected chi connectivity index (χ1v) is 7.61. The molecule has 20 heavy (non-hydrogen) atoms. The molecule has 4 heteroatoms.